The van der Waals surface area contributed by atoms with Gasteiger partial charge in [0.2, 0.25) is 10.0 Å². The average Bonchev–Trinajstić information content (AvgIpc) is 2.43. The fourth-order valence-corrected chi connectivity index (χ4v) is 2.94. The van der Waals surface area contributed by atoms with Crippen LogP contribution in [0.25, 0.3) is 0 Å². The highest BCUT2D eigenvalue weighted by atomic mass is 32.2. The number of methoxy groups -OCH3 is 1. The molecule has 19 heavy (non-hydrogen) atoms. The van der Waals surface area contributed by atoms with E-state index >= 15 is 0 Å². The van der Waals surface area contributed by atoms with Crippen molar-refractivity contribution in [2.75, 3.05) is 27.3 Å². The standard InChI is InChI=1S/C12H17NO5S/c1-13(8-5-9-14)19(16,17)11-7-4-3-6-10(11)12(15)18-2/h3-4,6-7,14H,5,8-9H2,1-2H3. The van der Waals surface area contributed by atoms with Crippen molar-refractivity contribution in [3.05, 3.63) is 29.8 Å². The Hall–Kier alpha value is -1.44. The Morgan fingerprint density at radius 2 is 2.00 bits per heavy atom. The highest BCUT2D eigenvalue weighted by molar-refractivity contribution is 7.89. The van der Waals surface area contributed by atoms with E-state index in [4.69, 9.17) is 5.11 Å². The van der Waals surface area contributed by atoms with Gasteiger partial charge >= 0.3 is 5.97 Å². The molecule has 1 aromatic rings. The molecule has 0 heterocycles. The zero-order valence-corrected chi connectivity index (χ0v) is 11.7. The van der Waals surface area contributed by atoms with Gasteiger partial charge in [0.25, 0.3) is 0 Å². The molecule has 0 aliphatic carbocycles. The molecule has 6 nitrogen and oxygen atoms in total. The Morgan fingerprint density at radius 3 is 2.58 bits per heavy atom. The first-order valence-corrected chi connectivity index (χ1v) is 7.13. The Morgan fingerprint density at radius 1 is 1.37 bits per heavy atom. The molecule has 1 aromatic carbocycles. The first kappa shape index (κ1) is 15.6. The number of ether oxygens (including phenoxy) is 1. The van der Waals surface area contributed by atoms with Gasteiger partial charge in [-0.2, -0.15) is 0 Å². The molecule has 0 bridgehead atoms. The number of aliphatic hydroxyl groups is 1. The Balaban J connectivity index is 3.18. The van der Waals surface area contributed by atoms with Gasteiger partial charge in [-0.15, -0.1) is 0 Å². The molecule has 7 heteroatoms. The van der Waals surface area contributed by atoms with Gasteiger partial charge < -0.3 is 9.84 Å². The molecule has 0 unspecified atom stereocenters. The highest BCUT2D eigenvalue weighted by Crippen LogP contribution is 2.20. The molecule has 0 radical (unpaired) electrons. The molecule has 0 aromatic heterocycles. The third kappa shape index (κ3) is 3.52. The molecule has 106 valence electrons. The van der Waals surface area contributed by atoms with Gasteiger partial charge in [0.05, 0.1) is 17.6 Å². The van der Waals surface area contributed by atoms with Gasteiger partial charge in [0.15, 0.2) is 0 Å². The molecule has 0 aliphatic heterocycles. The first-order valence-electron chi connectivity index (χ1n) is 5.69. The van der Waals surface area contributed by atoms with Crippen LogP contribution in [0, 0.1) is 0 Å². The molecule has 1 rings (SSSR count). The number of carbonyl (C=O) groups is 1. The molecule has 0 saturated carbocycles. The van der Waals surface area contributed by atoms with Crippen molar-refractivity contribution in [2.45, 2.75) is 11.3 Å². The van der Waals surface area contributed by atoms with E-state index in [-0.39, 0.29) is 23.6 Å². The van der Waals surface area contributed by atoms with Gasteiger partial charge in [-0.25, -0.2) is 17.5 Å². The Bertz CT molecular complexity index is 541. The zero-order chi connectivity index (χ0) is 14.5. The van der Waals surface area contributed by atoms with Crippen LogP contribution in [0.4, 0.5) is 0 Å². The maximum Gasteiger partial charge on any atom is 0.339 e. The molecule has 1 N–H and O–H groups in total. The summed E-state index contributed by atoms with van der Waals surface area (Å²) in [7, 11) is -1.18. The number of aliphatic hydroxyl groups excluding tert-OH is 1. The smallest absolute Gasteiger partial charge is 0.339 e. The quantitative estimate of drug-likeness (QED) is 0.769. The molecule has 0 atom stereocenters. The van der Waals surface area contributed by atoms with Crippen LogP contribution in [-0.4, -0.2) is 51.1 Å². The van der Waals surface area contributed by atoms with Crippen LogP contribution in [-0.2, 0) is 14.8 Å². The van der Waals surface area contributed by atoms with Crippen LogP contribution < -0.4 is 0 Å². The second-order valence-corrected chi connectivity index (χ2v) is 5.90. The summed E-state index contributed by atoms with van der Waals surface area (Å²) in [6.07, 6.45) is 0.329. The first-order chi connectivity index (χ1) is 8.95. The molecule has 0 aliphatic rings. The van der Waals surface area contributed by atoms with Crippen LogP contribution >= 0.6 is 0 Å². The second-order valence-electron chi connectivity index (χ2n) is 3.89. The lowest BCUT2D eigenvalue weighted by Crippen LogP contribution is -2.29. The third-order valence-corrected chi connectivity index (χ3v) is 4.53. The monoisotopic (exact) mass is 287 g/mol. The molecule has 0 amide bonds. The summed E-state index contributed by atoms with van der Waals surface area (Å²) in [5, 5.41) is 8.74. The Labute approximate surface area is 112 Å². The summed E-state index contributed by atoms with van der Waals surface area (Å²) < 4.78 is 30.3. The Kier molecular flexibility index (Phi) is 5.46. The van der Waals surface area contributed by atoms with E-state index in [1.54, 1.807) is 12.1 Å². The summed E-state index contributed by atoms with van der Waals surface area (Å²) in [6.45, 7) is 0.0762. The maximum atomic E-state index is 12.3. The summed E-state index contributed by atoms with van der Waals surface area (Å²) >= 11 is 0. The van der Waals surface area contributed by atoms with Crippen molar-refractivity contribution < 1.29 is 23.1 Å². The number of nitrogens with zero attached hydrogens (tertiary/aromatic N) is 1. The number of rotatable bonds is 6. The fourth-order valence-electron chi connectivity index (χ4n) is 1.55. The summed E-state index contributed by atoms with van der Waals surface area (Å²) in [5.74, 6) is -0.699. The van der Waals surface area contributed by atoms with Crippen molar-refractivity contribution in [1.29, 1.82) is 0 Å². The van der Waals surface area contributed by atoms with Crippen LogP contribution in [0.3, 0.4) is 0 Å². The largest absolute Gasteiger partial charge is 0.465 e. The zero-order valence-electron chi connectivity index (χ0n) is 10.9. The summed E-state index contributed by atoms with van der Waals surface area (Å²) in [5.41, 5.74) is 0.000786. The molecular formula is C12H17NO5S. The topological polar surface area (TPSA) is 83.9 Å². The van der Waals surface area contributed by atoms with E-state index in [0.717, 1.165) is 4.31 Å². The van der Waals surface area contributed by atoms with E-state index in [0.29, 0.717) is 6.42 Å². The predicted octanol–water partition coefficient (Wildman–Crippen LogP) is 0.476. The van der Waals surface area contributed by atoms with E-state index in [1.807, 2.05) is 0 Å². The van der Waals surface area contributed by atoms with Crippen molar-refractivity contribution >= 4 is 16.0 Å². The normalized spacial score (nSPS) is 11.6. The van der Waals surface area contributed by atoms with E-state index in [1.165, 1.54) is 26.3 Å². The lowest BCUT2D eigenvalue weighted by Gasteiger charge is -2.18. The van der Waals surface area contributed by atoms with Gasteiger partial charge in [0.1, 0.15) is 0 Å². The number of benzene rings is 1. The lowest BCUT2D eigenvalue weighted by molar-refractivity contribution is 0.0596. The van der Waals surface area contributed by atoms with Crippen molar-refractivity contribution in [1.82, 2.24) is 4.31 Å². The predicted molar refractivity (Wildman–Crippen MR) is 69.3 cm³/mol. The molecule has 0 spiro atoms. The number of esters is 1. The van der Waals surface area contributed by atoms with Crippen LogP contribution in [0.5, 0.6) is 0 Å². The second kappa shape index (κ2) is 6.65. The lowest BCUT2D eigenvalue weighted by atomic mass is 10.2. The molecular weight excluding hydrogens is 270 g/mol. The van der Waals surface area contributed by atoms with Crippen molar-refractivity contribution in [3.63, 3.8) is 0 Å². The van der Waals surface area contributed by atoms with Crippen LogP contribution in [0.15, 0.2) is 29.2 Å². The minimum atomic E-state index is -3.78. The third-order valence-electron chi connectivity index (χ3n) is 2.61. The molecule has 0 fully saturated rings. The summed E-state index contributed by atoms with van der Waals surface area (Å²) in [6, 6.07) is 5.87. The maximum absolute atomic E-state index is 12.3. The average molecular weight is 287 g/mol. The summed E-state index contributed by atoms with van der Waals surface area (Å²) in [4.78, 5) is 11.5. The van der Waals surface area contributed by atoms with Gasteiger partial charge in [-0.3, -0.25) is 0 Å². The van der Waals surface area contributed by atoms with E-state index in [2.05, 4.69) is 4.74 Å². The van der Waals surface area contributed by atoms with Gasteiger partial charge in [-0.05, 0) is 18.6 Å². The number of hydrogen-bond acceptors (Lipinski definition) is 5. The molecule has 0 saturated heterocycles. The minimum absolute atomic E-state index is 0.000786. The van der Waals surface area contributed by atoms with Crippen molar-refractivity contribution in [2.24, 2.45) is 0 Å². The number of sulfonamides is 1. The number of carbonyl (C=O) groups excluding carboxylic acids is 1. The number of hydrogen-bond donors (Lipinski definition) is 1. The van der Waals surface area contributed by atoms with E-state index in [9.17, 15) is 13.2 Å². The van der Waals surface area contributed by atoms with Crippen LogP contribution in [0.1, 0.15) is 16.8 Å². The fraction of sp³-hybridized carbons (Fsp3) is 0.417. The van der Waals surface area contributed by atoms with Gasteiger partial charge in [0, 0.05) is 20.2 Å². The van der Waals surface area contributed by atoms with Gasteiger partial charge in [-0.1, -0.05) is 12.1 Å². The highest BCUT2D eigenvalue weighted by Gasteiger charge is 2.26. The van der Waals surface area contributed by atoms with Crippen molar-refractivity contribution in [3.8, 4) is 0 Å². The van der Waals surface area contributed by atoms with Crippen LogP contribution in [0.2, 0.25) is 0 Å². The minimum Gasteiger partial charge on any atom is -0.465 e. The SMILES string of the molecule is COC(=O)c1ccccc1S(=O)(=O)N(C)CCCO. The van der Waals surface area contributed by atoms with E-state index < -0.39 is 16.0 Å².